The molecule has 0 bridgehead atoms. The Morgan fingerprint density at radius 2 is 1.66 bits per heavy atom. The summed E-state index contributed by atoms with van der Waals surface area (Å²) >= 11 is 0. The molecule has 1 N–H and O–H groups in total. The summed E-state index contributed by atoms with van der Waals surface area (Å²) in [6.07, 6.45) is 3.18. The number of imide groups is 1. The van der Waals surface area contributed by atoms with Gasteiger partial charge >= 0.3 is 6.03 Å². The van der Waals surface area contributed by atoms with Gasteiger partial charge in [-0.3, -0.25) is 14.6 Å². The normalized spacial score (nSPS) is 23.9. The molecule has 6 nitrogen and oxygen atoms in total. The van der Waals surface area contributed by atoms with Gasteiger partial charge < -0.3 is 10.2 Å². The molecule has 3 aliphatic rings. The lowest BCUT2D eigenvalue weighted by Gasteiger charge is -2.39. The van der Waals surface area contributed by atoms with Gasteiger partial charge in [-0.2, -0.15) is 0 Å². The van der Waals surface area contributed by atoms with Crippen LogP contribution < -0.4 is 5.32 Å². The summed E-state index contributed by atoms with van der Waals surface area (Å²) in [5.41, 5.74) is 0.652. The van der Waals surface area contributed by atoms with E-state index in [1.807, 2.05) is 6.07 Å². The largest absolute Gasteiger partial charge is 0.325 e. The molecular formula is C23H34N4O2. The van der Waals surface area contributed by atoms with Crippen molar-refractivity contribution in [2.75, 3.05) is 32.7 Å². The zero-order valence-corrected chi connectivity index (χ0v) is 17.8. The van der Waals surface area contributed by atoms with Gasteiger partial charge in [0, 0.05) is 45.3 Å². The molecule has 0 saturated carbocycles. The highest BCUT2D eigenvalue weighted by molar-refractivity contribution is 6.07. The monoisotopic (exact) mass is 398 g/mol. The molecule has 6 heteroatoms. The summed E-state index contributed by atoms with van der Waals surface area (Å²) in [5, 5.41) is 3.09. The fourth-order valence-electron chi connectivity index (χ4n) is 5.12. The van der Waals surface area contributed by atoms with Crippen LogP contribution in [0.4, 0.5) is 4.79 Å². The third kappa shape index (κ3) is 4.33. The lowest BCUT2D eigenvalue weighted by molar-refractivity contribution is -0.135. The molecule has 29 heavy (non-hydrogen) atoms. The van der Waals surface area contributed by atoms with Crippen LogP contribution in [0.2, 0.25) is 0 Å². The van der Waals surface area contributed by atoms with Crippen molar-refractivity contribution in [1.29, 1.82) is 0 Å². The summed E-state index contributed by atoms with van der Waals surface area (Å²) in [4.78, 5) is 32.5. The molecule has 0 unspecified atom stereocenters. The first kappa shape index (κ1) is 20.4. The molecule has 3 heterocycles. The van der Waals surface area contributed by atoms with Crippen molar-refractivity contribution in [2.45, 2.75) is 57.7 Å². The maximum Gasteiger partial charge on any atom is 0.325 e. The van der Waals surface area contributed by atoms with Gasteiger partial charge in [-0.1, -0.05) is 44.2 Å². The fourth-order valence-corrected chi connectivity index (χ4v) is 5.12. The maximum atomic E-state index is 13.3. The van der Waals surface area contributed by atoms with Crippen LogP contribution in [0.3, 0.4) is 0 Å². The Bertz CT molecular complexity index is 720. The van der Waals surface area contributed by atoms with E-state index in [9.17, 15) is 9.59 Å². The van der Waals surface area contributed by atoms with E-state index >= 15 is 0 Å². The third-order valence-electron chi connectivity index (χ3n) is 6.70. The Labute approximate surface area is 174 Å². The first-order valence-corrected chi connectivity index (χ1v) is 11.1. The van der Waals surface area contributed by atoms with Gasteiger partial charge in [-0.05, 0) is 37.2 Å². The van der Waals surface area contributed by atoms with Crippen molar-refractivity contribution in [3.05, 3.63) is 35.9 Å². The number of benzene rings is 1. The topological polar surface area (TPSA) is 55.9 Å². The first-order valence-electron chi connectivity index (χ1n) is 11.1. The number of carbonyl (C=O) groups is 2. The van der Waals surface area contributed by atoms with Crippen molar-refractivity contribution < 1.29 is 9.59 Å². The molecule has 158 valence electrons. The number of likely N-dealkylation sites (tertiary alicyclic amines) is 2. The zero-order valence-electron chi connectivity index (χ0n) is 17.8. The average Bonchev–Trinajstić information content (AvgIpc) is 2.95. The number of piperidine rings is 2. The quantitative estimate of drug-likeness (QED) is 0.775. The highest BCUT2D eigenvalue weighted by Crippen LogP contribution is 2.33. The fraction of sp³-hybridized carbons (Fsp3) is 0.652. The van der Waals surface area contributed by atoms with Crippen molar-refractivity contribution in [3.63, 3.8) is 0 Å². The number of amides is 3. The Hall–Kier alpha value is -1.92. The number of nitrogens with one attached hydrogen (secondary N) is 1. The van der Waals surface area contributed by atoms with Crippen LogP contribution >= 0.6 is 0 Å². The zero-order chi connectivity index (χ0) is 20.4. The average molecular weight is 399 g/mol. The van der Waals surface area contributed by atoms with Crippen molar-refractivity contribution in [3.8, 4) is 0 Å². The van der Waals surface area contributed by atoms with E-state index in [-0.39, 0.29) is 18.0 Å². The summed E-state index contributed by atoms with van der Waals surface area (Å²) in [6.45, 7) is 10.0. The summed E-state index contributed by atoms with van der Waals surface area (Å²) in [6, 6.07) is 10.3. The molecular weight excluding hydrogens is 364 g/mol. The van der Waals surface area contributed by atoms with Crippen molar-refractivity contribution in [1.82, 2.24) is 20.0 Å². The van der Waals surface area contributed by atoms with E-state index in [2.05, 4.69) is 53.2 Å². The van der Waals surface area contributed by atoms with Gasteiger partial charge in [0.2, 0.25) is 0 Å². The summed E-state index contributed by atoms with van der Waals surface area (Å²) < 4.78 is 0. The summed E-state index contributed by atoms with van der Waals surface area (Å²) in [7, 11) is 0. The Kier molecular flexibility index (Phi) is 5.93. The van der Waals surface area contributed by atoms with Gasteiger partial charge in [0.25, 0.3) is 5.91 Å². The van der Waals surface area contributed by atoms with E-state index in [0.29, 0.717) is 5.92 Å². The van der Waals surface area contributed by atoms with Gasteiger partial charge in [0.1, 0.15) is 5.54 Å². The molecule has 1 aromatic carbocycles. The van der Waals surface area contributed by atoms with E-state index in [1.165, 1.54) is 5.56 Å². The maximum absolute atomic E-state index is 13.3. The van der Waals surface area contributed by atoms with Crippen molar-refractivity contribution >= 4 is 11.9 Å². The lowest BCUT2D eigenvalue weighted by Crippen LogP contribution is -2.56. The number of carbonyl (C=O) groups excluding carboxylic acids is 2. The molecule has 3 amide bonds. The van der Waals surface area contributed by atoms with Crippen LogP contribution in [0.25, 0.3) is 0 Å². The van der Waals surface area contributed by atoms with Gasteiger partial charge in [-0.15, -0.1) is 0 Å². The Morgan fingerprint density at radius 1 is 1.00 bits per heavy atom. The number of rotatable bonds is 5. The number of hydrogen-bond donors (Lipinski definition) is 1. The molecule has 3 saturated heterocycles. The molecule has 3 aliphatic heterocycles. The third-order valence-corrected chi connectivity index (χ3v) is 6.70. The van der Waals surface area contributed by atoms with E-state index in [0.717, 1.165) is 65.0 Å². The van der Waals surface area contributed by atoms with Crippen LogP contribution in [-0.4, -0.2) is 70.9 Å². The Morgan fingerprint density at radius 3 is 2.28 bits per heavy atom. The lowest BCUT2D eigenvalue weighted by atomic mass is 9.86. The highest BCUT2D eigenvalue weighted by Gasteiger charge is 2.54. The van der Waals surface area contributed by atoms with Gasteiger partial charge in [-0.25, -0.2) is 4.79 Å². The Balaban J connectivity index is 1.33. The minimum atomic E-state index is -0.661. The molecule has 1 aromatic rings. The standard InChI is InChI=1S/C23H34N4O2/c1-18(2)16-26-14-10-23(11-15-26)21(28)27(22(29)24-23)20-8-12-25(13-9-20)17-19-6-4-3-5-7-19/h3-7,18,20H,8-17H2,1-2H3,(H,24,29). The predicted octanol–water partition coefficient (Wildman–Crippen LogP) is 2.69. The van der Waals surface area contributed by atoms with E-state index in [4.69, 9.17) is 0 Å². The molecule has 0 atom stereocenters. The highest BCUT2D eigenvalue weighted by atomic mass is 16.2. The van der Waals surface area contributed by atoms with Gasteiger partial charge in [0.05, 0.1) is 0 Å². The van der Waals surface area contributed by atoms with Crippen LogP contribution in [0.1, 0.15) is 45.1 Å². The summed E-state index contributed by atoms with van der Waals surface area (Å²) in [5.74, 6) is 0.642. The van der Waals surface area contributed by atoms with Gasteiger partial charge in [0.15, 0.2) is 0 Å². The molecule has 0 aromatic heterocycles. The molecule has 0 radical (unpaired) electrons. The number of hydrogen-bond acceptors (Lipinski definition) is 4. The van der Waals surface area contributed by atoms with Crippen LogP contribution in [0.15, 0.2) is 30.3 Å². The molecule has 4 rings (SSSR count). The SMILES string of the molecule is CC(C)CN1CCC2(CC1)NC(=O)N(C1CCN(Cc3ccccc3)CC1)C2=O. The number of nitrogens with zero attached hydrogens (tertiary/aromatic N) is 3. The van der Waals surface area contributed by atoms with Crippen LogP contribution in [0, 0.1) is 5.92 Å². The second kappa shape index (κ2) is 8.44. The first-order chi connectivity index (χ1) is 14.0. The van der Waals surface area contributed by atoms with Crippen LogP contribution in [0.5, 0.6) is 0 Å². The number of urea groups is 1. The van der Waals surface area contributed by atoms with E-state index in [1.54, 1.807) is 4.90 Å². The second-order valence-corrected chi connectivity index (χ2v) is 9.37. The molecule has 1 spiro atoms. The van der Waals surface area contributed by atoms with E-state index < -0.39 is 5.54 Å². The van der Waals surface area contributed by atoms with Crippen LogP contribution in [-0.2, 0) is 11.3 Å². The smallest absolute Gasteiger partial charge is 0.323 e. The second-order valence-electron chi connectivity index (χ2n) is 9.37. The minimum absolute atomic E-state index is 0.0215. The van der Waals surface area contributed by atoms with Crippen molar-refractivity contribution in [2.24, 2.45) is 5.92 Å². The minimum Gasteiger partial charge on any atom is -0.323 e. The molecule has 3 fully saturated rings. The predicted molar refractivity (Wildman–Crippen MR) is 113 cm³/mol. The molecule has 0 aliphatic carbocycles.